The largest absolute Gasteiger partial charge is 0.462 e. The molecule has 0 saturated heterocycles. The quantitative estimate of drug-likeness (QED) is 0.0589. The van der Waals surface area contributed by atoms with Gasteiger partial charge in [0, 0.05) is 23.3 Å². The van der Waals surface area contributed by atoms with Crippen LogP contribution in [0.1, 0.15) is 183 Å². The maximum absolute atomic E-state index is 12.3. The molecule has 0 unspecified atom stereocenters. The number of aryl methyl sites for hydroxylation is 1. The van der Waals surface area contributed by atoms with Crippen molar-refractivity contribution in [3.8, 4) is 0 Å². The fraction of sp³-hybridized carbons (Fsp3) is 0.569. The third-order valence-electron chi connectivity index (χ3n) is 15.6. The zero-order valence-corrected chi connectivity index (χ0v) is 43.1. The number of anilines is 3. The lowest BCUT2D eigenvalue weighted by atomic mass is 9.48. The number of carbonyl (C=O) groups is 3. The number of hydrogen-bond acceptors (Lipinski definition) is 11. The molecular weight excluding hydrogens is 898 g/mol. The van der Waals surface area contributed by atoms with Gasteiger partial charge in [0.2, 0.25) is 0 Å². The monoisotopic (exact) mass is 976 g/mol. The SMILES string of the molecule is CCOC(=O)c1cc(N)c(CC2CCCCC2)cc1C.CCOC(=O)c1cc(N)c(CC2CCCCC2)cc1Cl.CCOC(=O)c1ccc(CC23CC4CC(CC(C4)C2)C3)c(NCc2ccncn2)c1. The number of nitrogens with one attached hydrogen (secondary N) is 1. The third kappa shape index (κ3) is 14.3. The molecule has 0 atom stereocenters. The highest BCUT2D eigenvalue weighted by atomic mass is 35.5. The smallest absolute Gasteiger partial charge is 0.339 e. The summed E-state index contributed by atoms with van der Waals surface area (Å²) >= 11 is 6.19. The minimum atomic E-state index is -0.409. The van der Waals surface area contributed by atoms with Crippen LogP contribution >= 0.6 is 11.6 Å². The molecule has 6 aliphatic rings. The predicted molar refractivity (Wildman–Crippen MR) is 280 cm³/mol. The number of rotatable bonds is 15. The summed E-state index contributed by atoms with van der Waals surface area (Å²) in [7, 11) is 0. The first kappa shape index (κ1) is 52.7. The molecule has 6 fully saturated rings. The Bertz CT molecular complexity index is 2250. The lowest BCUT2D eigenvalue weighted by Gasteiger charge is -2.57. The van der Waals surface area contributed by atoms with Crippen LogP contribution in [0.15, 0.2) is 61.1 Å². The first-order valence-electron chi connectivity index (χ1n) is 26.5. The number of ether oxygens (including phenoxy) is 3. The highest BCUT2D eigenvalue weighted by Crippen LogP contribution is 2.61. The molecule has 0 aliphatic heterocycles. The Labute approximate surface area is 422 Å². The van der Waals surface area contributed by atoms with Gasteiger partial charge in [-0.15, -0.1) is 0 Å². The fourth-order valence-corrected chi connectivity index (χ4v) is 13.0. The highest BCUT2D eigenvalue weighted by Gasteiger charge is 2.50. The Morgan fingerprint density at radius 3 is 1.74 bits per heavy atom. The van der Waals surface area contributed by atoms with E-state index in [4.69, 9.17) is 37.3 Å². The van der Waals surface area contributed by atoms with Crippen LogP contribution in [0.4, 0.5) is 17.1 Å². The second-order valence-electron chi connectivity index (χ2n) is 21.0. The summed E-state index contributed by atoms with van der Waals surface area (Å²) in [4.78, 5) is 44.2. The number of halogens is 1. The van der Waals surface area contributed by atoms with Gasteiger partial charge >= 0.3 is 17.9 Å². The van der Waals surface area contributed by atoms with Crippen LogP contribution in [0, 0.1) is 41.9 Å². The van der Waals surface area contributed by atoms with Gasteiger partial charge in [0.15, 0.2) is 0 Å². The van der Waals surface area contributed by atoms with E-state index in [1.165, 1.54) is 114 Å². The normalized spacial score (nSPS) is 21.6. The molecule has 11 nitrogen and oxygen atoms in total. The van der Waals surface area contributed by atoms with E-state index < -0.39 is 5.97 Å². The van der Waals surface area contributed by atoms with Crippen molar-refractivity contribution in [2.45, 2.75) is 156 Å². The third-order valence-corrected chi connectivity index (χ3v) is 15.9. The average Bonchev–Trinajstić information content (AvgIpc) is 3.34. The zero-order chi connectivity index (χ0) is 49.6. The van der Waals surface area contributed by atoms with Gasteiger partial charge in [0.25, 0.3) is 0 Å². The molecule has 3 aromatic carbocycles. The number of carbonyl (C=O) groups excluding carboxylic acids is 3. The lowest BCUT2D eigenvalue weighted by molar-refractivity contribution is -0.0521. The van der Waals surface area contributed by atoms with E-state index in [2.05, 4.69) is 27.4 Å². The van der Waals surface area contributed by atoms with E-state index in [1.807, 2.05) is 45.0 Å². The van der Waals surface area contributed by atoms with Crippen LogP contribution in [0.3, 0.4) is 0 Å². The number of nitrogen functional groups attached to an aromatic ring is 2. The number of benzene rings is 3. The number of nitrogens with zero attached hydrogens (tertiary/aromatic N) is 2. The Hall–Kier alpha value is -5.16. The maximum atomic E-state index is 12.3. The number of esters is 3. The molecule has 4 bridgehead atoms. The molecule has 1 aromatic heterocycles. The number of aromatic nitrogens is 2. The van der Waals surface area contributed by atoms with E-state index in [1.54, 1.807) is 31.6 Å². The van der Waals surface area contributed by atoms with Crippen LogP contribution in [0.5, 0.6) is 0 Å². The molecule has 4 aromatic rings. The van der Waals surface area contributed by atoms with Gasteiger partial charge in [-0.3, -0.25) is 0 Å². The maximum Gasteiger partial charge on any atom is 0.339 e. The summed E-state index contributed by atoms with van der Waals surface area (Å²) in [5.74, 6) is 3.31. The summed E-state index contributed by atoms with van der Waals surface area (Å²) < 4.78 is 15.3. The van der Waals surface area contributed by atoms with Gasteiger partial charge in [-0.1, -0.05) is 87.9 Å². The van der Waals surface area contributed by atoms with Gasteiger partial charge in [-0.2, -0.15) is 0 Å². The van der Waals surface area contributed by atoms with Crippen molar-refractivity contribution in [3.05, 3.63) is 111 Å². The molecule has 10 rings (SSSR count). The van der Waals surface area contributed by atoms with Gasteiger partial charge < -0.3 is 31.0 Å². The Kier molecular flexibility index (Phi) is 19.0. The number of nitrogens with two attached hydrogens (primary N) is 2. The zero-order valence-electron chi connectivity index (χ0n) is 42.3. The van der Waals surface area contributed by atoms with Crippen LogP contribution in [0.25, 0.3) is 0 Å². The predicted octanol–water partition coefficient (Wildman–Crippen LogP) is 13.1. The Morgan fingerprint density at radius 1 is 0.671 bits per heavy atom. The molecule has 1 heterocycles. The van der Waals surface area contributed by atoms with Crippen molar-refractivity contribution >= 4 is 46.6 Å². The minimum absolute atomic E-state index is 0.260. The second-order valence-corrected chi connectivity index (χ2v) is 21.4. The number of hydrogen-bond donors (Lipinski definition) is 3. The van der Waals surface area contributed by atoms with Gasteiger partial charge in [0.1, 0.15) is 6.33 Å². The molecule has 0 amide bonds. The molecule has 6 aliphatic carbocycles. The topological polar surface area (TPSA) is 169 Å². The first-order chi connectivity index (χ1) is 33.8. The summed E-state index contributed by atoms with van der Waals surface area (Å²) in [6, 6.07) is 15.3. The van der Waals surface area contributed by atoms with Gasteiger partial charge in [0.05, 0.1) is 53.8 Å². The van der Waals surface area contributed by atoms with E-state index in [9.17, 15) is 14.4 Å². The van der Waals surface area contributed by atoms with E-state index in [-0.39, 0.29) is 11.9 Å². The summed E-state index contributed by atoms with van der Waals surface area (Å²) in [6.07, 6.45) is 28.1. The second kappa shape index (κ2) is 25.3. The molecule has 6 saturated carbocycles. The minimum Gasteiger partial charge on any atom is -0.462 e. The van der Waals surface area contributed by atoms with Crippen molar-refractivity contribution in [2.75, 3.05) is 36.6 Å². The van der Waals surface area contributed by atoms with Crippen LogP contribution < -0.4 is 16.8 Å². The van der Waals surface area contributed by atoms with Gasteiger partial charge in [-0.25, -0.2) is 24.4 Å². The van der Waals surface area contributed by atoms with Crippen molar-refractivity contribution in [2.24, 2.45) is 35.0 Å². The van der Waals surface area contributed by atoms with Crippen molar-refractivity contribution in [1.82, 2.24) is 9.97 Å². The lowest BCUT2D eigenvalue weighted by Crippen LogP contribution is -2.47. The van der Waals surface area contributed by atoms with E-state index in [0.717, 1.165) is 71.1 Å². The highest BCUT2D eigenvalue weighted by molar-refractivity contribution is 6.33. The Balaban J connectivity index is 0.000000161. The van der Waals surface area contributed by atoms with Crippen molar-refractivity contribution < 1.29 is 28.6 Å². The van der Waals surface area contributed by atoms with Crippen LogP contribution in [0.2, 0.25) is 5.02 Å². The van der Waals surface area contributed by atoms with E-state index in [0.29, 0.717) is 65.1 Å². The average molecular weight is 977 g/mol. The fourth-order valence-electron chi connectivity index (χ4n) is 12.7. The molecule has 12 heteroatoms. The first-order valence-corrected chi connectivity index (χ1v) is 26.8. The molecule has 0 spiro atoms. The summed E-state index contributed by atoms with van der Waals surface area (Å²) in [6.45, 7) is 9.10. The molecule has 378 valence electrons. The van der Waals surface area contributed by atoms with Gasteiger partial charge in [-0.05, 0) is 179 Å². The van der Waals surface area contributed by atoms with Crippen LogP contribution in [-0.4, -0.2) is 47.7 Å². The Morgan fingerprint density at radius 2 is 1.20 bits per heavy atom. The van der Waals surface area contributed by atoms with E-state index >= 15 is 0 Å². The molecule has 0 radical (unpaired) electrons. The summed E-state index contributed by atoms with van der Waals surface area (Å²) in [5.41, 5.74) is 22.1. The van der Waals surface area contributed by atoms with Crippen molar-refractivity contribution in [1.29, 1.82) is 0 Å². The standard InChI is InChI=1S/C25H31N3O2.C17H25NO2.C16H22ClNO2/c1-2-30-24(29)20-3-4-21(23(10-20)27-15-22-5-6-26-16-28-22)14-25-11-17-7-18(12-25)9-19(8-17)13-25;1-3-20-17(19)15-11-16(18)14(9-12(15)2)10-13-7-5-4-6-8-13;1-2-20-16(19)13-10-15(18)12(9-14(13)17)8-11-6-4-3-5-7-11/h3-6,10,16-19,27H,2,7-9,11-15H2,1H3;9,11,13H,3-8,10,18H2,1-2H3;9-11H,2-8,18H2,1H3. The summed E-state index contributed by atoms with van der Waals surface area (Å²) in [5, 5.41) is 3.99. The van der Waals surface area contributed by atoms with Crippen molar-refractivity contribution in [3.63, 3.8) is 0 Å². The molecule has 70 heavy (non-hydrogen) atoms. The molecule has 5 N–H and O–H groups in total. The van der Waals surface area contributed by atoms with Crippen LogP contribution in [-0.2, 0) is 40.0 Å². The molecular formula is C58H78ClN5O6.